The molecule has 0 radical (unpaired) electrons. The lowest BCUT2D eigenvalue weighted by molar-refractivity contribution is -0.132. The van der Waals surface area contributed by atoms with Crippen LogP contribution in [0.3, 0.4) is 0 Å². The summed E-state index contributed by atoms with van der Waals surface area (Å²) in [5.74, 6) is 0.644. The van der Waals surface area contributed by atoms with Crippen molar-refractivity contribution in [2.45, 2.75) is 13.8 Å². The standard InChI is InChI=1S/C12H14O3/c1-4-5-10-6-7-11(14-3)12(8-10)15-9(2)13/h4-8H,1-3H3. The molecule has 80 valence electrons. The molecule has 0 aliphatic heterocycles. The minimum atomic E-state index is -0.356. The lowest BCUT2D eigenvalue weighted by Gasteiger charge is -2.08. The summed E-state index contributed by atoms with van der Waals surface area (Å²) in [5.41, 5.74) is 0.967. The van der Waals surface area contributed by atoms with Gasteiger partial charge in [-0.25, -0.2) is 0 Å². The molecule has 1 rings (SSSR count). The first-order valence-electron chi connectivity index (χ1n) is 4.66. The van der Waals surface area contributed by atoms with Crippen LogP contribution in [0.25, 0.3) is 6.08 Å². The zero-order chi connectivity index (χ0) is 11.3. The quantitative estimate of drug-likeness (QED) is 0.563. The van der Waals surface area contributed by atoms with Crippen molar-refractivity contribution in [2.75, 3.05) is 7.11 Å². The number of carbonyl (C=O) groups is 1. The van der Waals surface area contributed by atoms with Gasteiger partial charge in [0.1, 0.15) is 0 Å². The molecule has 1 aromatic rings. The number of methoxy groups -OCH3 is 1. The third kappa shape index (κ3) is 3.13. The molecule has 0 N–H and O–H groups in total. The highest BCUT2D eigenvalue weighted by atomic mass is 16.6. The van der Waals surface area contributed by atoms with Gasteiger partial charge in [-0.05, 0) is 24.6 Å². The molecule has 0 saturated heterocycles. The van der Waals surface area contributed by atoms with Gasteiger partial charge in [-0.3, -0.25) is 4.79 Å². The Hall–Kier alpha value is -1.77. The first-order valence-corrected chi connectivity index (χ1v) is 4.66. The Morgan fingerprint density at radius 1 is 1.33 bits per heavy atom. The van der Waals surface area contributed by atoms with Gasteiger partial charge in [0, 0.05) is 6.92 Å². The van der Waals surface area contributed by atoms with Gasteiger partial charge in [0.15, 0.2) is 11.5 Å². The molecular formula is C12H14O3. The third-order valence-electron chi connectivity index (χ3n) is 1.80. The highest BCUT2D eigenvalue weighted by Crippen LogP contribution is 2.28. The molecule has 0 aromatic heterocycles. The fourth-order valence-electron chi connectivity index (χ4n) is 1.22. The van der Waals surface area contributed by atoms with Crippen LogP contribution in [0.1, 0.15) is 19.4 Å². The number of hydrogen-bond donors (Lipinski definition) is 0. The molecule has 1 aromatic carbocycles. The molecular weight excluding hydrogens is 192 g/mol. The summed E-state index contributed by atoms with van der Waals surface area (Å²) in [4.78, 5) is 10.9. The van der Waals surface area contributed by atoms with Crippen molar-refractivity contribution in [1.82, 2.24) is 0 Å². The number of carbonyl (C=O) groups excluding carboxylic acids is 1. The first kappa shape index (κ1) is 11.3. The lowest BCUT2D eigenvalue weighted by atomic mass is 10.2. The SMILES string of the molecule is CC=Cc1ccc(OC)c(OC(C)=O)c1. The van der Waals surface area contributed by atoms with Crippen molar-refractivity contribution in [3.05, 3.63) is 29.8 Å². The largest absolute Gasteiger partial charge is 0.493 e. The fourth-order valence-corrected chi connectivity index (χ4v) is 1.22. The van der Waals surface area contributed by atoms with E-state index in [9.17, 15) is 4.79 Å². The predicted molar refractivity (Wildman–Crippen MR) is 59.0 cm³/mol. The van der Waals surface area contributed by atoms with Crippen LogP contribution in [0.15, 0.2) is 24.3 Å². The van der Waals surface area contributed by atoms with Crippen LogP contribution in [-0.4, -0.2) is 13.1 Å². The Morgan fingerprint density at radius 2 is 2.07 bits per heavy atom. The van der Waals surface area contributed by atoms with E-state index in [1.807, 2.05) is 25.1 Å². The maximum Gasteiger partial charge on any atom is 0.308 e. The summed E-state index contributed by atoms with van der Waals surface area (Å²) in [6.07, 6.45) is 3.84. The summed E-state index contributed by atoms with van der Waals surface area (Å²) >= 11 is 0. The Labute approximate surface area is 89.3 Å². The summed E-state index contributed by atoms with van der Waals surface area (Å²) in [6, 6.07) is 5.43. The van der Waals surface area contributed by atoms with Gasteiger partial charge in [-0.1, -0.05) is 18.2 Å². The Balaban J connectivity index is 3.06. The number of rotatable bonds is 3. The van der Waals surface area contributed by atoms with Gasteiger partial charge in [0.25, 0.3) is 0 Å². The van der Waals surface area contributed by atoms with Gasteiger partial charge >= 0.3 is 5.97 Å². The van der Waals surface area contributed by atoms with E-state index in [-0.39, 0.29) is 5.97 Å². The van der Waals surface area contributed by atoms with E-state index in [1.165, 1.54) is 14.0 Å². The molecule has 3 nitrogen and oxygen atoms in total. The van der Waals surface area contributed by atoms with Crippen LogP contribution in [0, 0.1) is 0 Å². The van der Waals surface area contributed by atoms with E-state index < -0.39 is 0 Å². The van der Waals surface area contributed by atoms with Gasteiger partial charge < -0.3 is 9.47 Å². The molecule has 0 atom stereocenters. The Bertz CT molecular complexity index is 380. The molecule has 0 fully saturated rings. The first-order chi connectivity index (χ1) is 7.17. The number of ether oxygens (including phenoxy) is 2. The highest BCUT2D eigenvalue weighted by molar-refractivity contribution is 5.71. The van der Waals surface area contributed by atoms with Gasteiger partial charge in [-0.15, -0.1) is 0 Å². The van der Waals surface area contributed by atoms with Crippen LogP contribution < -0.4 is 9.47 Å². The van der Waals surface area contributed by atoms with Crippen LogP contribution in [0.2, 0.25) is 0 Å². The normalized spacial score (nSPS) is 10.3. The summed E-state index contributed by atoms with van der Waals surface area (Å²) < 4.78 is 10.1. The predicted octanol–water partition coefficient (Wildman–Crippen LogP) is 2.65. The van der Waals surface area contributed by atoms with Crippen LogP contribution >= 0.6 is 0 Å². The van der Waals surface area contributed by atoms with E-state index >= 15 is 0 Å². The summed E-state index contributed by atoms with van der Waals surface area (Å²) in [6.45, 7) is 3.29. The molecule has 0 spiro atoms. The third-order valence-corrected chi connectivity index (χ3v) is 1.80. The minimum Gasteiger partial charge on any atom is -0.493 e. The van der Waals surface area contributed by atoms with Crippen molar-refractivity contribution in [2.24, 2.45) is 0 Å². The fraction of sp³-hybridized carbons (Fsp3) is 0.250. The molecule has 0 aliphatic rings. The number of hydrogen-bond acceptors (Lipinski definition) is 3. The van der Waals surface area contributed by atoms with E-state index in [0.717, 1.165) is 5.56 Å². The molecule has 0 aliphatic carbocycles. The molecule has 3 heteroatoms. The molecule has 0 saturated carbocycles. The molecule has 0 heterocycles. The van der Waals surface area contributed by atoms with Crippen molar-refractivity contribution in [3.63, 3.8) is 0 Å². The van der Waals surface area contributed by atoms with Crippen molar-refractivity contribution in [1.29, 1.82) is 0 Å². The zero-order valence-corrected chi connectivity index (χ0v) is 9.11. The average molecular weight is 206 g/mol. The topological polar surface area (TPSA) is 35.5 Å². The second-order valence-electron chi connectivity index (χ2n) is 3.00. The molecule has 0 bridgehead atoms. The van der Waals surface area contributed by atoms with Gasteiger partial charge in [-0.2, -0.15) is 0 Å². The Morgan fingerprint density at radius 3 is 2.60 bits per heavy atom. The number of allylic oxidation sites excluding steroid dienone is 1. The number of esters is 1. The van der Waals surface area contributed by atoms with Crippen LogP contribution in [0.4, 0.5) is 0 Å². The minimum absolute atomic E-state index is 0.356. The molecule has 0 unspecified atom stereocenters. The summed E-state index contributed by atoms with van der Waals surface area (Å²) in [7, 11) is 1.54. The monoisotopic (exact) mass is 206 g/mol. The Kier molecular flexibility index (Phi) is 3.92. The van der Waals surface area contributed by atoms with E-state index in [2.05, 4.69) is 0 Å². The van der Waals surface area contributed by atoms with Crippen LogP contribution in [-0.2, 0) is 4.79 Å². The van der Waals surface area contributed by atoms with Gasteiger partial charge in [0.2, 0.25) is 0 Å². The van der Waals surface area contributed by atoms with Crippen molar-refractivity contribution >= 4 is 12.0 Å². The van der Waals surface area contributed by atoms with Crippen LogP contribution in [0.5, 0.6) is 11.5 Å². The van der Waals surface area contributed by atoms with Crippen molar-refractivity contribution < 1.29 is 14.3 Å². The van der Waals surface area contributed by atoms with E-state index in [0.29, 0.717) is 11.5 Å². The van der Waals surface area contributed by atoms with E-state index in [4.69, 9.17) is 9.47 Å². The number of benzene rings is 1. The van der Waals surface area contributed by atoms with Gasteiger partial charge in [0.05, 0.1) is 7.11 Å². The maximum absolute atomic E-state index is 10.9. The summed E-state index contributed by atoms with van der Waals surface area (Å²) in [5, 5.41) is 0. The zero-order valence-electron chi connectivity index (χ0n) is 9.11. The molecule has 0 amide bonds. The second-order valence-corrected chi connectivity index (χ2v) is 3.00. The molecule has 15 heavy (non-hydrogen) atoms. The average Bonchev–Trinajstić information content (AvgIpc) is 2.18. The van der Waals surface area contributed by atoms with E-state index in [1.54, 1.807) is 12.1 Å². The maximum atomic E-state index is 10.9. The van der Waals surface area contributed by atoms with Crippen molar-refractivity contribution in [3.8, 4) is 11.5 Å². The smallest absolute Gasteiger partial charge is 0.308 e. The lowest BCUT2D eigenvalue weighted by Crippen LogP contribution is -2.03. The second kappa shape index (κ2) is 5.20. The highest BCUT2D eigenvalue weighted by Gasteiger charge is 2.06.